The van der Waals surface area contributed by atoms with Crippen molar-refractivity contribution in [1.29, 1.82) is 0 Å². The summed E-state index contributed by atoms with van der Waals surface area (Å²) in [5.74, 6) is 0.961. The van der Waals surface area contributed by atoms with Gasteiger partial charge in [-0.3, -0.25) is 9.59 Å². The maximum atomic E-state index is 12.3. The predicted octanol–water partition coefficient (Wildman–Crippen LogP) is 3.04. The van der Waals surface area contributed by atoms with Gasteiger partial charge in [-0.05, 0) is 76.9 Å². The molecule has 0 unspecified atom stereocenters. The number of hydrogen-bond donors (Lipinski definition) is 1. The molecular formula is C21H39N3O2. The molecule has 1 N–H and O–H groups in total. The molecule has 0 aromatic heterocycles. The number of hydrogen-bond acceptors (Lipinski definition) is 3. The molecule has 0 atom stereocenters. The monoisotopic (exact) mass is 365 g/mol. The van der Waals surface area contributed by atoms with E-state index < -0.39 is 0 Å². The standard InChI is InChI=1S/C21H39N3O2/c1-17(2)16-20(26)24-14-9-21(10-15-24)7-12-23(13-8-21)11-5-6-19(25)22-18(3)4/h17-18H,5-16H2,1-4H3,(H,22,25). The van der Waals surface area contributed by atoms with E-state index in [1.807, 2.05) is 13.8 Å². The van der Waals surface area contributed by atoms with E-state index in [2.05, 4.69) is 29.0 Å². The molecule has 0 aliphatic carbocycles. The molecule has 2 aliphatic rings. The van der Waals surface area contributed by atoms with Crippen LogP contribution in [0.4, 0.5) is 0 Å². The number of carbonyl (C=O) groups excluding carboxylic acids is 2. The lowest BCUT2D eigenvalue weighted by Crippen LogP contribution is -2.48. The van der Waals surface area contributed by atoms with Gasteiger partial charge in [-0.25, -0.2) is 0 Å². The van der Waals surface area contributed by atoms with E-state index in [0.29, 0.717) is 30.1 Å². The first-order valence-corrected chi connectivity index (χ1v) is 10.6. The number of rotatable bonds is 7. The van der Waals surface area contributed by atoms with Crippen LogP contribution in [0.5, 0.6) is 0 Å². The van der Waals surface area contributed by atoms with E-state index >= 15 is 0 Å². The van der Waals surface area contributed by atoms with E-state index in [0.717, 1.165) is 39.1 Å². The highest BCUT2D eigenvalue weighted by molar-refractivity contribution is 5.76. The molecule has 5 heteroatoms. The molecule has 5 nitrogen and oxygen atoms in total. The van der Waals surface area contributed by atoms with Crippen LogP contribution in [0.15, 0.2) is 0 Å². The van der Waals surface area contributed by atoms with Crippen molar-refractivity contribution in [2.45, 2.75) is 78.7 Å². The maximum Gasteiger partial charge on any atom is 0.222 e. The normalized spacial score (nSPS) is 20.8. The second kappa shape index (κ2) is 9.72. The van der Waals surface area contributed by atoms with E-state index in [4.69, 9.17) is 0 Å². The molecule has 0 saturated carbocycles. The van der Waals surface area contributed by atoms with Crippen molar-refractivity contribution in [3.8, 4) is 0 Å². The number of nitrogens with one attached hydrogen (secondary N) is 1. The Morgan fingerprint density at radius 3 is 2.08 bits per heavy atom. The molecule has 2 aliphatic heterocycles. The molecule has 2 amide bonds. The molecule has 150 valence electrons. The Hall–Kier alpha value is -1.10. The summed E-state index contributed by atoms with van der Waals surface area (Å²) in [6, 6.07) is 0.232. The molecule has 0 aromatic rings. The van der Waals surface area contributed by atoms with Crippen molar-refractivity contribution in [3.63, 3.8) is 0 Å². The summed E-state index contributed by atoms with van der Waals surface area (Å²) in [5, 5.41) is 2.96. The van der Waals surface area contributed by atoms with Crippen LogP contribution in [0.2, 0.25) is 0 Å². The van der Waals surface area contributed by atoms with Crippen molar-refractivity contribution in [1.82, 2.24) is 15.1 Å². The summed E-state index contributed by atoms with van der Waals surface area (Å²) in [7, 11) is 0. The van der Waals surface area contributed by atoms with Gasteiger partial charge in [-0.15, -0.1) is 0 Å². The molecule has 0 aromatic carbocycles. The summed E-state index contributed by atoms with van der Waals surface area (Å²) in [5.41, 5.74) is 0.458. The summed E-state index contributed by atoms with van der Waals surface area (Å²) in [6.07, 6.45) is 7.10. The Labute approximate surface area is 159 Å². The molecule has 0 bridgehead atoms. The van der Waals surface area contributed by atoms with Gasteiger partial charge in [0.15, 0.2) is 0 Å². The van der Waals surface area contributed by atoms with Gasteiger partial charge in [-0.1, -0.05) is 13.8 Å². The van der Waals surface area contributed by atoms with Crippen molar-refractivity contribution in [2.75, 3.05) is 32.7 Å². The Morgan fingerprint density at radius 1 is 0.962 bits per heavy atom. The average Bonchev–Trinajstić information content (AvgIpc) is 2.56. The fourth-order valence-corrected chi connectivity index (χ4v) is 4.32. The minimum absolute atomic E-state index is 0.173. The number of piperidine rings is 2. The first-order valence-electron chi connectivity index (χ1n) is 10.6. The van der Waals surface area contributed by atoms with Crippen LogP contribution in [-0.4, -0.2) is 60.4 Å². The Kier molecular flexibility index (Phi) is 7.93. The van der Waals surface area contributed by atoms with Gasteiger partial charge in [0, 0.05) is 32.0 Å². The van der Waals surface area contributed by atoms with Crippen LogP contribution in [0.25, 0.3) is 0 Å². The highest BCUT2D eigenvalue weighted by Gasteiger charge is 2.38. The van der Waals surface area contributed by atoms with Gasteiger partial charge in [0.25, 0.3) is 0 Å². The summed E-state index contributed by atoms with van der Waals surface area (Å²) in [4.78, 5) is 28.6. The van der Waals surface area contributed by atoms with Crippen molar-refractivity contribution in [3.05, 3.63) is 0 Å². The summed E-state index contributed by atoms with van der Waals surface area (Å²) < 4.78 is 0. The van der Waals surface area contributed by atoms with E-state index in [1.165, 1.54) is 25.7 Å². The van der Waals surface area contributed by atoms with Crippen molar-refractivity contribution < 1.29 is 9.59 Å². The highest BCUT2D eigenvalue weighted by atomic mass is 16.2. The summed E-state index contributed by atoms with van der Waals surface area (Å²) in [6.45, 7) is 13.4. The van der Waals surface area contributed by atoms with E-state index in [9.17, 15) is 9.59 Å². The molecule has 2 rings (SSSR count). The quantitative estimate of drug-likeness (QED) is 0.754. The largest absolute Gasteiger partial charge is 0.354 e. The molecular weight excluding hydrogens is 326 g/mol. The topological polar surface area (TPSA) is 52.7 Å². The molecule has 2 fully saturated rings. The first kappa shape index (κ1) is 21.2. The van der Waals surface area contributed by atoms with Crippen molar-refractivity contribution >= 4 is 11.8 Å². The zero-order valence-corrected chi connectivity index (χ0v) is 17.4. The lowest BCUT2D eigenvalue weighted by Gasteiger charge is -2.47. The Morgan fingerprint density at radius 2 is 1.54 bits per heavy atom. The minimum Gasteiger partial charge on any atom is -0.354 e. The number of nitrogens with zero attached hydrogens (tertiary/aromatic N) is 2. The Bertz CT molecular complexity index is 458. The van der Waals surface area contributed by atoms with Gasteiger partial charge >= 0.3 is 0 Å². The van der Waals surface area contributed by atoms with E-state index in [1.54, 1.807) is 0 Å². The minimum atomic E-state index is 0.173. The molecule has 2 heterocycles. The van der Waals surface area contributed by atoms with Gasteiger partial charge in [0.2, 0.25) is 11.8 Å². The molecule has 26 heavy (non-hydrogen) atoms. The number of amides is 2. The maximum absolute atomic E-state index is 12.3. The molecule has 2 saturated heterocycles. The second-order valence-electron chi connectivity index (χ2n) is 9.15. The Balaban J connectivity index is 1.65. The lowest BCUT2D eigenvalue weighted by atomic mass is 9.71. The van der Waals surface area contributed by atoms with Crippen LogP contribution < -0.4 is 5.32 Å². The van der Waals surface area contributed by atoms with Crippen LogP contribution in [-0.2, 0) is 9.59 Å². The zero-order chi connectivity index (χ0) is 19.2. The average molecular weight is 366 g/mol. The lowest BCUT2D eigenvalue weighted by molar-refractivity contribution is -0.135. The molecule has 0 radical (unpaired) electrons. The third-order valence-electron chi connectivity index (χ3n) is 6.00. The zero-order valence-electron chi connectivity index (χ0n) is 17.4. The van der Waals surface area contributed by atoms with Crippen LogP contribution in [0, 0.1) is 11.3 Å². The SMILES string of the molecule is CC(C)CC(=O)N1CCC2(CCN(CCCC(=O)NC(C)C)CC2)CC1. The second-order valence-corrected chi connectivity index (χ2v) is 9.15. The fraction of sp³-hybridized carbons (Fsp3) is 0.905. The number of likely N-dealkylation sites (tertiary alicyclic amines) is 2. The predicted molar refractivity (Wildman–Crippen MR) is 106 cm³/mol. The van der Waals surface area contributed by atoms with Gasteiger partial charge in [0.05, 0.1) is 0 Å². The third-order valence-corrected chi connectivity index (χ3v) is 6.00. The molecule has 1 spiro atoms. The number of carbonyl (C=O) groups is 2. The van der Waals surface area contributed by atoms with Crippen molar-refractivity contribution in [2.24, 2.45) is 11.3 Å². The third kappa shape index (κ3) is 6.57. The van der Waals surface area contributed by atoms with E-state index in [-0.39, 0.29) is 11.9 Å². The summed E-state index contributed by atoms with van der Waals surface area (Å²) >= 11 is 0. The van der Waals surface area contributed by atoms with Gasteiger partial charge < -0.3 is 15.1 Å². The smallest absolute Gasteiger partial charge is 0.222 e. The van der Waals surface area contributed by atoms with Gasteiger partial charge in [-0.2, -0.15) is 0 Å². The fourth-order valence-electron chi connectivity index (χ4n) is 4.32. The first-order chi connectivity index (χ1) is 12.3. The van der Waals surface area contributed by atoms with Crippen LogP contribution in [0.3, 0.4) is 0 Å². The van der Waals surface area contributed by atoms with Crippen LogP contribution in [0.1, 0.15) is 72.6 Å². The van der Waals surface area contributed by atoms with Crippen LogP contribution >= 0.6 is 0 Å². The highest BCUT2D eigenvalue weighted by Crippen LogP contribution is 2.41. The van der Waals surface area contributed by atoms with Gasteiger partial charge in [0.1, 0.15) is 0 Å².